The molecule has 1 aliphatic heterocycles. The van der Waals surface area contributed by atoms with Crippen molar-refractivity contribution in [2.24, 2.45) is 5.92 Å². The monoisotopic (exact) mass is 450 g/mol. The number of amides is 2. The van der Waals surface area contributed by atoms with E-state index in [0.29, 0.717) is 19.6 Å². The fourth-order valence-corrected chi connectivity index (χ4v) is 4.50. The third-order valence-electron chi connectivity index (χ3n) is 6.12. The smallest absolute Gasteiger partial charge is 0.410 e. The maximum Gasteiger partial charge on any atom is 0.410 e. The van der Waals surface area contributed by atoms with E-state index in [2.05, 4.69) is 26.0 Å². The van der Waals surface area contributed by atoms with Gasteiger partial charge in [-0.05, 0) is 65.0 Å². The SMILES string of the molecule is CC(C)(C)OC(=O)N(CCC[C@H]1CC(C)(C)N(Cc2ccccc2)C1=O)Cc1ccccc1. The molecule has 0 saturated carbocycles. The number of carbonyl (C=O) groups is 2. The van der Waals surface area contributed by atoms with Crippen LogP contribution in [0.4, 0.5) is 4.79 Å². The van der Waals surface area contributed by atoms with Crippen LogP contribution in [0.15, 0.2) is 60.7 Å². The van der Waals surface area contributed by atoms with E-state index in [9.17, 15) is 9.59 Å². The van der Waals surface area contributed by atoms with E-state index in [1.807, 2.05) is 74.2 Å². The molecule has 0 aromatic heterocycles. The molecule has 2 aromatic carbocycles. The molecule has 0 radical (unpaired) electrons. The van der Waals surface area contributed by atoms with Gasteiger partial charge >= 0.3 is 6.09 Å². The van der Waals surface area contributed by atoms with Crippen LogP contribution in [0.2, 0.25) is 0 Å². The van der Waals surface area contributed by atoms with E-state index in [4.69, 9.17) is 4.74 Å². The summed E-state index contributed by atoms with van der Waals surface area (Å²) in [6.45, 7) is 11.6. The minimum absolute atomic E-state index is 0.0130. The van der Waals surface area contributed by atoms with Gasteiger partial charge in [-0.1, -0.05) is 60.7 Å². The maximum absolute atomic E-state index is 13.2. The van der Waals surface area contributed by atoms with Crippen molar-refractivity contribution in [1.82, 2.24) is 9.80 Å². The van der Waals surface area contributed by atoms with Crippen LogP contribution in [0.3, 0.4) is 0 Å². The summed E-state index contributed by atoms with van der Waals surface area (Å²) in [5, 5.41) is 0. The van der Waals surface area contributed by atoms with E-state index in [1.54, 1.807) is 4.90 Å². The molecule has 1 heterocycles. The highest BCUT2D eigenvalue weighted by atomic mass is 16.6. The molecule has 1 saturated heterocycles. The minimum Gasteiger partial charge on any atom is -0.444 e. The summed E-state index contributed by atoms with van der Waals surface area (Å²) in [5.41, 5.74) is 1.50. The molecule has 5 nitrogen and oxygen atoms in total. The van der Waals surface area contributed by atoms with Crippen molar-refractivity contribution >= 4 is 12.0 Å². The predicted molar refractivity (Wildman–Crippen MR) is 131 cm³/mol. The first-order valence-electron chi connectivity index (χ1n) is 11.9. The largest absolute Gasteiger partial charge is 0.444 e. The number of rotatable bonds is 8. The molecule has 33 heavy (non-hydrogen) atoms. The fraction of sp³-hybridized carbons (Fsp3) is 0.500. The lowest BCUT2D eigenvalue weighted by Crippen LogP contribution is -2.40. The molecular weight excluding hydrogens is 412 g/mol. The van der Waals surface area contributed by atoms with Crippen molar-refractivity contribution in [2.45, 2.75) is 78.1 Å². The summed E-state index contributed by atoms with van der Waals surface area (Å²) in [6.07, 6.45) is 2.05. The Morgan fingerprint density at radius 1 is 1.03 bits per heavy atom. The van der Waals surface area contributed by atoms with Crippen LogP contribution >= 0.6 is 0 Å². The van der Waals surface area contributed by atoms with Crippen molar-refractivity contribution in [3.05, 3.63) is 71.8 Å². The number of likely N-dealkylation sites (tertiary alicyclic amines) is 1. The van der Waals surface area contributed by atoms with Gasteiger partial charge in [-0.2, -0.15) is 0 Å². The zero-order chi connectivity index (χ0) is 24.1. The molecule has 0 spiro atoms. The quantitative estimate of drug-likeness (QED) is 0.493. The average molecular weight is 451 g/mol. The van der Waals surface area contributed by atoms with E-state index < -0.39 is 5.60 Å². The molecule has 0 aliphatic carbocycles. The van der Waals surface area contributed by atoms with Gasteiger partial charge in [0.2, 0.25) is 5.91 Å². The molecule has 0 bridgehead atoms. The Bertz CT molecular complexity index is 919. The first kappa shape index (κ1) is 24.8. The van der Waals surface area contributed by atoms with Gasteiger partial charge in [0.25, 0.3) is 0 Å². The molecular formula is C28H38N2O3. The van der Waals surface area contributed by atoms with E-state index in [1.165, 1.54) is 0 Å². The molecule has 3 rings (SSSR count). The van der Waals surface area contributed by atoms with Gasteiger partial charge in [0.05, 0.1) is 0 Å². The number of hydrogen-bond acceptors (Lipinski definition) is 3. The Kier molecular flexibility index (Phi) is 7.83. The van der Waals surface area contributed by atoms with Gasteiger partial charge in [0.15, 0.2) is 0 Å². The number of carbonyl (C=O) groups excluding carboxylic acids is 2. The molecule has 178 valence electrons. The first-order valence-corrected chi connectivity index (χ1v) is 11.9. The molecule has 1 atom stereocenters. The molecule has 0 unspecified atom stereocenters. The maximum atomic E-state index is 13.2. The van der Waals surface area contributed by atoms with E-state index >= 15 is 0 Å². The van der Waals surface area contributed by atoms with Crippen LogP contribution in [0, 0.1) is 5.92 Å². The van der Waals surface area contributed by atoms with Crippen LogP contribution in [0.25, 0.3) is 0 Å². The Balaban J connectivity index is 1.61. The highest BCUT2D eigenvalue weighted by Crippen LogP contribution is 2.37. The van der Waals surface area contributed by atoms with Gasteiger partial charge < -0.3 is 14.5 Å². The molecule has 1 aliphatic rings. The van der Waals surface area contributed by atoms with Crippen molar-refractivity contribution in [3.63, 3.8) is 0 Å². The van der Waals surface area contributed by atoms with Gasteiger partial charge in [-0.15, -0.1) is 0 Å². The highest BCUT2D eigenvalue weighted by molar-refractivity contribution is 5.82. The highest BCUT2D eigenvalue weighted by Gasteiger charge is 2.44. The summed E-state index contributed by atoms with van der Waals surface area (Å²) >= 11 is 0. The Morgan fingerprint density at radius 3 is 2.18 bits per heavy atom. The van der Waals surface area contributed by atoms with Gasteiger partial charge in [0.1, 0.15) is 5.60 Å². The second-order valence-corrected chi connectivity index (χ2v) is 10.7. The van der Waals surface area contributed by atoms with Crippen LogP contribution in [-0.2, 0) is 22.6 Å². The number of nitrogens with zero attached hydrogens (tertiary/aromatic N) is 2. The Morgan fingerprint density at radius 2 is 1.61 bits per heavy atom. The number of hydrogen-bond donors (Lipinski definition) is 0. The first-order chi connectivity index (χ1) is 15.5. The van der Waals surface area contributed by atoms with Crippen LogP contribution < -0.4 is 0 Å². The summed E-state index contributed by atoms with van der Waals surface area (Å²) in [7, 11) is 0. The van der Waals surface area contributed by atoms with Crippen LogP contribution in [-0.4, -0.2) is 39.5 Å². The lowest BCUT2D eigenvalue weighted by molar-refractivity contribution is -0.134. The zero-order valence-corrected chi connectivity index (χ0v) is 20.7. The van der Waals surface area contributed by atoms with Crippen molar-refractivity contribution < 1.29 is 14.3 Å². The molecule has 0 N–H and O–H groups in total. The van der Waals surface area contributed by atoms with Crippen molar-refractivity contribution in [1.29, 1.82) is 0 Å². The van der Waals surface area contributed by atoms with Crippen LogP contribution in [0.5, 0.6) is 0 Å². The zero-order valence-electron chi connectivity index (χ0n) is 20.7. The van der Waals surface area contributed by atoms with Crippen LogP contribution in [0.1, 0.15) is 65.0 Å². The number of benzene rings is 2. The summed E-state index contributed by atoms with van der Waals surface area (Å²) in [6, 6.07) is 20.1. The topological polar surface area (TPSA) is 49.9 Å². The Hall–Kier alpha value is -2.82. The minimum atomic E-state index is -0.546. The third-order valence-corrected chi connectivity index (χ3v) is 6.12. The number of ether oxygens (including phenoxy) is 1. The van der Waals surface area contributed by atoms with E-state index in [0.717, 1.165) is 30.4 Å². The summed E-state index contributed by atoms with van der Waals surface area (Å²) in [4.78, 5) is 29.8. The lowest BCUT2D eigenvalue weighted by Gasteiger charge is -2.31. The molecule has 2 aromatic rings. The van der Waals surface area contributed by atoms with Crippen molar-refractivity contribution in [3.8, 4) is 0 Å². The third kappa shape index (κ3) is 7.08. The Labute approximate surface area is 198 Å². The molecule has 1 fully saturated rings. The normalized spacial score (nSPS) is 17.8. The lowest BCUT2D eigenvalue weighted by atomic mass is 9.93. The van der Waals surface area contributed by atoms with Gasteiger partial charge in [-0.25, -0.2) is 4.79 Å². The van der Waals surface area contributed by atoms with Gasteiger partial charge in [-0.3, -0.25) is 4.79 Å². The second kappa shape index (κ2) is 10.4. The van der Waals surface area contributed by atoms with Crippen molar-refractivity contribution in [2.75, 3.05) is 6.54 Å². The summed E-state index contributed by atoms with van der Waals surface area (Å²) < 4.78 is 5.64. The predicted octanol–water partition coefficient (Wildman–Crippen LogP) is 6.03. The standard InChI is InChI=1S/C28H38N2O3/c1-27(2,3)33-26(32)29(20-22-13-8-6-9-14-22)18-12-17-24-19-28(4,5)30(25(24)31)21-23-15-10-7-11-16-23/h6-11,13-16,24H,12,17-21H2,1-5H3/t24-/m0/s1. The fourth-order valence-electron chi connectivity index (χ4n) is 4.50. The average Bonchev–Trinajstić information content (AvgIpc) is 2.96. The second-order valence-electron chi connectivity index (χ2n) is 10.7. The summed E-state index contributed by atoms with van der Waals surface area (Å²) in [5.74, 6) is 0.205. The molecule has 2 amide bonds. The van der Waals surface area contributed by atoms with E-state index in [-0.39, 0.29) is 23.5 Å². The molecule has 5 heteroatoms. The van der Waals surface area contributed by atoms with Gasteiger partial charge in [0, 0.05) is 31.1 Å².